The molecule has 12 heteroatoms. The summed E-state index contributed by atoms with van der Waals surface area (Å²) in [6, 6.07) is 10.9. The largest absolute Gasteiger partial charge is 0.493 e. The zero-order valence-corrected chi connectivity index (χ0v) is 16.3. The zero-order chi connectivity index (χ0) is 22.9. The van der Waals surface area contributed by atoms with Crippen LogP contribution in [0, 0.1) is 0 Å². The number of ether oxygens (including phenoxy) is 1. The maximum atomic E-state index is 13.0. The molecule has 0 aliphatic heterocycles. The number of hydrogen-bond acceptors (Lipinski definition) is 6. The Hall–Kier alpha value is -4.35. The highest BCUT2D eigenvalue weighted by atomic mass is 19.4. The molecule has 4 aromatic rings. The SMILES string of the molecule is COc1cn(-c2cccc(C(F)(F)F)c2)nc1C(=O)Nc1cccc(-c2noc(=O)[nH]2)c1. The topological polar surface area (TPSA) is 115 Å². The van der Waals surface area contributed by atoms with Gasteiger partial charge in [-0.2, -0.15) is 18.3 Å². The molecule has 164 valence electrons. The quantitative estimate of drug-likeness (QED) is 0.486. The van der Waals surface area contributed by atoms with Gasteiger partial charge in [-0.25, -0.2) is 9.48 Å². The average molecular weight is 445 g/mol. The van der Waals surface area contributed by atoms with Gasteiger partial charge in [0.05, 0.1) is 24.6 Å². The molecular formula is C20H14F3N5O4. The van der Waals surface area contributed by atoms with Gasteiger partial charge >= 0.3 is 11.9 Å². The molecule has 0 aliphatic carbocycles. The van der Waals surface area contributed by atoms with E-state index in [-0.39, 0.29) is 23.0 Å². The fourth-order valence-electron chi connectivity index (χ4n) is 2.91. The van der Waals surface area contributed by atoms with Gasteiger partial charge in [0.1, 0.15) is 0 Å². The molecule has 4 rings (SSSR count). The molecule has 0 fully saturated rings. The predicted molar refractivity (Wildman–Crippen MR) is 106 cm³/mol. The van der Waals surface area contributed by atoms with E-state index in [2.05, 4.69) is 25.1 Å². The minimum absolute atomic E-state index is 0.0666. The third-order valence-electron chi connectivity index (χ3n) is 4.39. The van der Waals surface area contributed by atoms with Crippen molar-refractivity contribution in [1.29, 1.82) is 0 Å². The van der Waals surface area contributed by atoms with Crippen LogP contribution in [0.25, 0.3) is 17.1 Å². The number of rotatable bonds is 5. The second-order valence-electron chi connectivity index (χ2n) is 6.52. The van der Waals surface area contributed by atoms with E-state index >= 15 is 0 Å². The molecule has 0 atom stereocenters. The van der Waals surface area contributed by atoms with Crippen LogP contribution in [-0.2, 0) is 6.18 Å². The van der Waals surface area contributed by atoms with Crippen LogP contribution in [0.5, 0.6) is 5.75 Å². The van der Waals surface area contributed by atoms with E-state index in [1.54, 1.807) is 24.3 Å². The fourth-order valence-corrected chi connectivity index (χ4v) is 2.91. The number of aromatic nitrogens is 4. The number of nitrogens with zero attached hydrogens (tertiary/aromatic N) is 3. The van der Waals surface area contributed by atoms with Gasteiger partial charge in [-0.15, -0.1) is 0 Å². The number of hydrogen-bond donors (Lipinski definition) is 2. The molecule has 9 nitrogen and oxygen atoms in total. The van der Waals surface area contributed by atoms with Gasteiger partial charge in [0.15, 0.2) is 17.3 Å². The molecule has 2 N–H and O–H groups in total. The van der Waals surface area contributed by atoms with E-state index in [1.807, 2.05) is 0 Å². The van der Waals surface area contributed by atoms with Crippen molar-refractivity contribution in [3.63, 3.8) is 0 Å². The average Bonchev–Trinajstić information content (AvgIpc) is 3.40. The second kappa shape index (κ2) is 8.06. The summed E-state index contributed by atoms with van der Waals surface area (Å²) in [4.78, 5) is 26.3. The van der Waals surface area contributed by atoms with Crippen molar-refractivity contribution in [2.45, 2.75) is 6.18 Å². The van der Waals surface area contributed by atoms with Crippen LogP contribution in [0.4, 0.5) is 18.9 Å². The van der Waals surface area contributed by atoms with E-state index in [1.165, 1.54) is 25.4 Å². The lowest BCUT2D eigenvalue weighted by Gasteiger charge is -2.08. The normalized spacial score (nSPS) is 11.4. The highest BCUT2D eigenvalue weighted by Crippen LogP contribution is 2.31. The standard InChI is InChI=1S/C20H14F3N5O4/c1-31-15-10-28(14-7-3-5-12(9-14)20(21,22)23)26-16(15)18(29)24-13-6-2-4-11(8-13)17-25-19(30)32-27-17/h2-10H,1H3,(H,24,29)(H,25,27,30). The van der Waals surface area contributed by atoms with Crippen LogP contribution < -0.4 is 15.8 Å². The number of aromatic amines is 1. The molecule has 0 bridgehead atoms. The van der Waals surface area contributed by atoms with Crippen LogP contribution >= 0.6 is 0 Å². The van der Waals surface area contributed by atoms with Gasteiger partial charge < -0.3 is 10.1 Å². The van der Waals surface area contributed by atoms with Crippen LogP contribution in [0.15, 0.2) is 64.0 Å². The summed E-state index contributed by atoms with van der Waals surface area (Å²) in [5, 5.41) is 10.3. The van der Waals surface area contributed by atoms with E-state index in [0.29, 0.717) is 11.3 Å². The van der Waals surface area contributed by atoms with E-state index in [0.717, 1.165) is 16.8 Å². The Morgan fingerprint density at radius 1 is 1.19 bits per heavy atom. The number of carbonyl (C=O) groups is 1. The van der Waals surface area contributed by atoms with Crippen LogP contribution in [-0.4, -0.2) is 32.9 Å². The molecule has 0 aliphatic rings. The molecule has 0 unspecified atom stereocenters. The van der Waals surface area contributed by atoms with E-state index in [9.17, 15) is 22.8 Å². The third-order valence-corrected chi connectivity index (χ3v) is 4.39. The summed E-state index contributed by atoms with van der Waals surface area (Å²) in [6.07, 6.45) is -3.21. The first kappa shape index (κ1) is 20.9. The Kier molecular flexibility index (Phi) is 5.26. The van der Waals surface area contributed by atoms with E-state index < -0.39 is 23.4 Å². The number of alkyl halides is 3. The molecule has 32 heavy (non-hydrogen) atoms. The van der Waals surface area contributed by atoms with Crippen molar-refractivity contribution >= 4 is 11.6 Å². The first-order valence-corrected chi connectivity index (χ1v) is 9.03. The lowest BCUT2D eigenvalue weighted by atomic mass is 10.2. The van der Waals surface area contributed by atoms with Gasteiger partial charge in [0, 0.05) is 11.3 Å². The van der Waals surface area contributed by atoms with Crippen molar-refractivity contribution in [3.8, 4) is 22.8 Å². The van der Waals surface area contributed by atoms with E-state index in [4.69, 9.17) is 4.74 Å². The molecule has 1 amide bonds. The number of halogens is 3. The number of H-pyrrole nitrogens is 1. The lowest BCUT2D eigenvalue weighted by molar-refractivity contribution is -0.137. The first-order valence-electron chi connectivity index (χ1n) is 9.03. The van der Waals surface area contributed by atoms with Gasteiger partial charge in [-0.05, 0) is 30.3 Å². The maximum absolute atomic E-state index is 13.0. The second-order valence-corrected chi connectivity index (χ2v) is 6.52. The molecule has 2 aromatic heterocycles. The van der Waals surface area contributed by atoms with Crippen molar-refractivity contribution in [1.82, 2.24) is 19.9 Å². The number of nitrogens with one attached hydrogen (secondary N) is 2. The highest BCUT2D eigenvalue weighted by molar-refractivity contribution is 6.05. The number of carbonyl (C=O) groups excluding carboxylic acids is 1. The number of methoxy groups -OCH3 is 1. The number of amides is 1. The third kappa shape index (κ3) is 4.24. The van der Waals surface area contributed by atoms with Crippen LogP contribution in [0.1, 0.15) is 16.1 Å². The molecule has 2 heterocycles. The Morgan fingerprint density at radius 3 is 2.66 bits per heavy atom. The monoisotopic (exact) mass is 445 g/mol. The van der Waals surface area contributed by atoms with Crippen molar-refractivity contribution < 1.29 is 27.2 Å². The lowest BCUT2D eigenvalue weighted by Crippen LogP contribution is -2.14. The Bertz CT molecular complexity index is 1340. The smallest absolute Gasteiger partial charge is 0.439 e. The Morgan fingerprint density at radius 2 is 1.97 bits per heavy atom. The predicted octanol–water partition coefficient (Wildman–Crippen LogP) is 3.50. The Labute approximate surface area is 177 Å². The highest BCUT2D eigenvalue weighted by Gasteiger charge is 2.30. The maximum Gasteiger partial charge on any atom is 0.439 e. The fraction of sp³-hybridized carbons (Fsp3) is 0.100. The molecular weight excluding hydrogens is 431 g/mol. The van der Waals surface area contributed by atoms with Gasteiger partial charge in [-0.1, -0.05) is 23.4 Å². The zero-order valence-electron chi connectivity index (χ0n) is 16.3. The van der Waals surface area contributed by atoms with Crippen LogP contribution in [0.3, 0.4) is 0 Å². The molecule has 0 spiro atoms. The van der Waals surface area contributed by atoms with Gasteiger partial charge in [0.25, 0.3) is 5.91 Å². The molecule has 0 radical (unpaired) electrons. The summed E-state index contributed by atoms with van der Waals surface area (Å²) in [6.45, 7) is 0. The minimum atomic E-state index is -4.52. The molecule has 0 saturated heterocycles. The van der Waals surface area contributed by atoms with Crippen molar-refractivity contribution in [2.24, 2.45) is 0 Å². The Balaban J connectivity index is 1.61. The van der Waals surface area contributed by atoms with Gasteiger partial charge in [-0.3, -0.25) is 14.3 Å². The van der Waals surface area contributed by atoms with Crippen molar-refractivity contribution in [2.75, 3.05) is 12.4 Å². The molecule has 0 saturated carbocycles. The van der Waals surface area contributed by atoms with Crippen molar-refractivity contribution in [3.05, 3.63) is 76.5 Å². The number of benzene rings is 2. The summed E-state index contributed by atoms with van der Waals surface area (Å²) < 4.78 is 49.8. The summed E-state index contributed by atoms with van der Waals surface area (Å²) in [5.74, 6) is -1.13. The summed E-state index contributed by atoms with van der Waals surface area (Å²) >= 11 is 0. The minimum Gasteiger partial charge on any atom is -0.493 e. The summed E-state index contributed by atoms with van der Waals surface area (Å²) in [7, 11) is 1.31. The number of anilines is 1. The summed E-state index contributed by atoms with van der Waals surface area (Å²) in [5.41, 5.74) is -0.0420. The first-order chi connectivity index (χ1) is 15.2. The molecule has 2 aromatic carbocycles. The van der Waals surface area contributed by atoms with Gasteiger partial charge in [0.2, 0.25) is 0 Å². The van der Waals surface area contributed by atoms with Crippen LogP contribution in [0.2, 0.25) is 0 Å².